The summed E-state index contributed by atoms with van der Waals surface area (Å²) in [6.07, 6.45) is 5.08. The van der Waals surface area contributed by atoms with Crippen LogP contribution in [0.15, 0.2) is 53.9 Å². The summed E-state index contributed by atoms with van der Waals surface area (Å²) >= 11 is 0. The van der Waals surface area contributed by atoms with Gasteiger partial charge in [0.2, 0.25) is 0 Å². The zero-order valence-electron chi connectivity index (χ0n) is 8.04. The van der Waals surface area contributed by atoms with Crippen LogP contribution in [0.3, 0.4) is 0 Å². The van der Waals surface area contributed by atoms with E-state index in [1.54, 1.807) is 18.6 Å². The maximum absolute atomic E-state index is 4.10. The Balaban J connectivity index is 1.97. The van der Waals surface area contributed by atoms with Crippen LogP contribution >= 0.6 is 0 Å². The van der Waals surface area contributed by atoms with Gasteiger partial charge in [0, 0.05) is 12.4 Å². The van der Waals surface area contributed by atoms with Gasteiger partial charge in [-0.2, -0.15) is 5.10 Å². The molecule has 2 aromatic heterocycles. The van der Waals surface area contributed by atoms with Crippen molar-refractivity contribution in [2.24, 2.45) is 5.10 Å². The summed E-state index contributed by atoms with van der Waals surface area (Å²) in [7, 11) is 0. The number of hydrogen-bond donors (Lipinski definition) is 1. The van der Waals surface area contributed by atoms with Crippen LogP contribution < -0.4 is 5.43 Å². The SMILES string of the molecule is C(=N/Nc1ccccn1)/c1ccccn1. The minimum Gasteiger partial charge on any atom is -0.261 e. The first-order valence-corrected chi connectivity index (χ1v) is 4.56. The quantitative estimate of drug-likeness (QED) is 0.605. The Morgan fingerprint density at radius 1 is 1.00 bits per heavy atom. The smallest absolute Gasteiger partial charge is 0.146 e. The number of pyridine rings is 2. The van der Waals surface area contributed by atoms with E-state index in [-0.39, 0.29) is 0 Å². The Bertz CT molecular complexity index is 425. The molecule has 0 aromatic carbocycles. The van der Waals surface area contributed by atoms with Gasteiger partial charge in [-0.15, -0.1) is 0 Å². The summed E-state index contributed by atoms with van der Waals surface area (Å²) in [6, 6.07) is 11.2. The van der Waals surface area contributed by atoms with Gasteiger partial charge < -0.3 is 0 Å². The van der Waals surface area contributed by atoms with Crippen molar-refractivity contribution in [1.82, 2.24) is 9.97 Å². The average molecular weight is 198 g/mol. The van der Waals surface area contributed by atoms with Gasteiger partial charge in [-0.05, 0) is 24.3 Å². The van der Waals surface area contributed by atoms with Crippen LogP contribution in [0.2, 0.25) is 0 Å². The lowest BCUT2D eigenvalue weighted by Crippen LogP contribution is -1.93. The van der Waals surface area contributed by atoms with E-state index in [0.717, 1.165) is 5.69 Å². The fraction of sp³-hybridized carbons (Fsp3) is 0. The van der Waals surface area contributed by atoms with E-state index in [0.29, 0.717) is 5.82 Å². The highest BCUT2D eigenvalue weighted by Gasteiger charge is 1.87. The maximum atomic E-state index is 4.10. The molecule has 2 rings (SSSR count). The van der Waals surface area contributed by atoms with Gasteiger partial charge in [0.1, 0.15) is 5.82 Å². The summed E-state index contributed by atoms with van der Waals surface area (Å²) in [5.74, 6) is 0.713. The van der Waals surface area contributed by atoms with Gasteiger partial charge in [0.05, 0.1) is 11.9 Å². The fourth-order valence-electron chi connectivity index (χ4n) is 1.05. The molecule has 0 atom stereocenters. The average Bonchev–Trinajstić information content (AvgIpc) is 2.32. The first kappa shape index (κ1) is 9.33. The first-order valence-electron chi connectivity index (χ1n) is 4.56. The molecule has 0 aliphatic heterocycles. The highest BCUT2D eigenvalue weighted by molar-refractivity contribution is 5.77. The Morgan fingerprint density at radius 3 is 2.47 bits per heavy atom. The van der Waals surface area contributed by atoms with Gasteiger partial charge in [0.15, 0.2) is 0 Å². The summed E-state index contributed by atoms with van der Waals surface area (Å²) in [6.45, 7) is 0. The third-order valence-electron chi connectivity index (χ3n) is 1.73. The first-order chi connectivity index (χ1) is 7.45. The molecular weight excluding hydrogens is 188 g/mol. The van der Waals surface area contributed by atoms with Crippen molar-refractivity contribution in [3.8, 4) is 0 Å². The Labute approximate surface area is 87.7 Å². The zero-order chi connectivity index (χ0) is 10.3. The van der Waals surface area contributed by atoms with Crippen molar-refractivity contribution >= 4 is 12.0 Å². The van der Waals surface area contributed by atoms with E-state index in [1.165, 1.54) is 0 Å². The van der Waals surface area contributed by atoms with Gasteiger partial charge in [-0.3, -0.25) is 10.4 Å². The van der Waals surface area contributed by atoms with E-state index in [4.69, 9.17) is 0 Å². The molecule has 1 N–H and O–H groups in total. The third kappa shape index (κ3) is 2.87. The molecule has 0 fully saturated rings. The monoisotopic (exact) mass is 198 g/mol. The highest BCUT2D eigenvalue weighted by atomic mass is 15.3. The normalized spacial score (nSPS) is 10.4. The van der Waals surface area contributed by atoms with Crippen LogP contribution in [0.1, 0.15) is 5.69 Å². The summed E-state index contributed by atoms with van der Waals surface area (Å²) in [4.78, 5) is 8.16. The van der Waals surface area contributed by atoms with Gasteiger partial charge in [0.25, 0.3) is 0 Å². The maximum Gasteiger partial charge on any atom is 0.146 e. The number of rotatable bonds is 3. The molecule has 0 saturated heterocycles. The Kier molecular flexibility index (Phi) is 3.02. The van der Waals surface area contributed by atoms with Crippen molar-refractivity contribution in [3.63, 3.8) is 0 Å². The second-order valence-electron chi connectivity index (χ2n) is 2.84. The minimum absolute atomic E-state index is 0.713. The lowest BCUT2D eigenvalue weighted by molar-refractivity contribution is 1.22. The van der Waals surface area contributed by atoms with Crippen LogP contribution in [-0.4, -0.2) is 16.2 Å². The molecule has 74 valence electrons. The van der Waals surface area contributed by atoms with E-state index >= 15 is 0 Å². The molecule has 2 aromatic rings. The lowest BCUT2D eigenvalue weighted by Gasteiger charge is -1.96. The number of nitrogens with one attached hydrogen (secondary N) is 1. The lowest BCUT2D eigenvalue weighted by atomic mass is 10.4. The van der Waals surface area contributed by atoms with E-state index < -0.39 is 0 Å². The number of anilines is 1. The van der Waals surface area contributed by atoms with Crippen molar-refractivity contribution < 1.29 is 0 Å². The summed E-state index contributed by atoms with van der Waals surface area (Å²) < 4.78 is 0. The molecule has 0 aliphatic carbocycles. The van der Waals surface area contributed by atoms with Crippen molar-refractivity contribution in [1.29, 1.82) is 0 Å². The van der Waals surface area contributed by atoms with Crippen LogP contribution in [-0.2, 0) is 0 Å². The summed E-state index contributed by atoms with van der Waals surface area (Å²) in [5.41, 5.74) is 3.62. The van der Waals surface area contributed by atoms with Crippen LogP contribution in [0, 0.1) is 0 Å². The molecule has 0 unspecified atom stereocenters. The fourth-order valence-corrected chi connectivity index (χ4v) is 1.05. The molecule has 0 radical (unpaired) electrons. The van der Waals surface area contributed by atoms with Crippen molar-refractivity contribution in [2.75, 3.05) is 5.43 Å². The zero-order valence-corrected chi connectivity index (χ0v) is 8.04. The minimum atomic E-state index is 0.713. The predicted molar refractivity (Wildman–Crippen MR) is 59.7 cm³/mol. The molecule has 0 spiro atoms. The standard InChI is InChI=1S/C11H10N4/c1-3-7-12-10(5-1)9-14-15-11-6-2-4-8-13-11/h1-9H,(H,13,15)/b14-9-. The molecule has 0 bridgehead atoms. The third-order valence-corrected chi connectivity index (χ3v) is 1.73. The molecule has 0 amide bonds. The number of hydrazone groups is 1. The van der Waals surface area contributed by atoms with Crippen molar-refractivity contribution in [3.05, 3.63) is 54.5 Å². The molecule has 4 nitrogen and oxygen atoms in total. The molecule has 4 heteroatoms. The molecular formula is C11H10N4. The topological polar surface area (TPSA) is 50.2 Å². The molecule has 0 aliphatic rings. The van der Waals surface area contributed by atoms with Gasteiger partial charge in [-0.1, -0.05) is 12.1 Å². The van der Waals surface area contributed by atoms with Gasteiger partial charge in [-0.25, -0.2) is 4.98 Å². The second kappa shape index (κ2) is 4.85. The number of hydrogen-bond acceptors (Lipinski definition) is 4. The summed E-state index contributed by atoms with van der Waals surface area (Å²) in [5, 5.41) is 4.01. The van der Waals surface area contributed by atoms with Crippen LogP contribution in [0.25, 0.3) is 0 Å². The Hall–Kier alpha value is -2.23. The van der Waals surface area contributed by atoms with E-state index in [2.05, 4.69) is 20.5 Å². The molecule has 15 heavy (non-hydrogen) atoms. The predicted octanol–water partition coefficient (Wildman–Crippen LogP) is 1.92. The largest absolute Gasteiger partial charge is 0.261 e. The van der Waals surface area contributed by atoms with Crippen LogP contribution in [0.4, 0.5) is 5.82 Å². The van der Waals surface area contributed by atoms with Crippen LogP contribution in [0.5, 0.6) is 0 Å². The van der Waals surface area contributed by atoms with Crippen molar-refractivity contribution in [2.45, 2.75) is 0 Å². The number of aromatic nitrogens is 2. The second-order valence-corrected chi connectivity index (χ2v) is 2.84. The van der Waals surface area contributed by atoms with Gasteiger partial charge >= 0.3 is 0 Å². The highest BCUT2D eigenvalue weighted by Crippen LogP contribution is 1.98. The molecule has 0 saturated carbocycles. The molecule has 2 heterocycles. The van der Waals surface area contributed by atoms with E-state index in [9.17, 15) is 0 Å². The Morgan fingerprint density at radius 2 is 1.80 bits per heavy atom. The van der Waals surface area contributed by atoms with E-state index in [1.807, 2.05) is 36.4 Å². The number of nitrogens with zero attached hydrogens (tertiary/aromatic N) is 3.